The summed E-state index contributed by atoms with van der Waals surface area (Å²) in [6, 6.07) is 7.05. The average molecular weight is 390 g/mol. The number of aromatic nitrogens is 2. The molecule has 4 rings (SSSR count). The van der Waals surface area contributed by atoms with Crippen LogP contribution in [0, 0.1) is 23.6 Å². The van der Waals surface area contributed by atoms with Crippen LogP contribution >= 0.6 is 11.6 Å². The molecule has 2 aliphatic rings. The van der Waals surface area contributed by atoms with Gasteiger partial charge in [-0.1, -0.05) is 18.5 Å². The number of hydrogen-bond acceptors (Lipinski definition) is 4. The van der Waals surface area contributed by atoms with Crippen LogP contribution in [0.3, 0.4) is 0 Å². The monoisotopic (exact) mass is 389 g/mol. The van der Waals surface area contributed by atoms with Gasteiger partial charge in [-0.2, -0.15) is 9.37 Å². The highest BCUT2D eigenvalue weighted by Crippen LogP contribution is 2.60. The largest absolute Gasteiger partial charge is 0.472 e. The normalized spacial score (nSPS) is 26.9. The molecule has 27 heavy (non-hydrogen) atoms. The van der Waals surface area contributed by atoms with Crippen LogP contribution in [0.5, 0.6) is 5.88 Å². The molecule has 1 amide bonds. The van der Waals surface area contributed by atoms with E-state index in [0.717, 1.165) is 25.5 Å². The second-order valence-electron chi connectivity index (χ2n) is 7.29. The predicted molar refractivity (Wildman–Crippen MR) is 99.1 cm³/mol. The smallest absolute Gasteiger partial charge is 0.253 e. The summed E-state index contributed by atoms with van der Waals surface area (Å²) >= 11 is 5.88. The minimum atomic E-state index is -0.531. The lowest BCUT2D eigenvalue weighted by molar-refractivity contribution is 0.0923. The van der Waals surface area contributed by atoms with Crippen LogP contribution < -0.4 is 10.1 Å². The van der Waals surface area contributed by atoms with Gasteiger partial charge >= 0.3 is 0 Å². The maximum atomic E-state index is 13.6. The number of hydrogen-bond donors (Lipinski definition) is 1. The molecule has 7 heteroatoms. The van der Waals surface area contributed by atoms with Gasteiger partial charge in [0.15, 0.2) is 0 Å². The minimum Gasteiger partial charge on any atom is -0.472 e. The van der Waals surface area contributed by atoms with E-state index in [9.17, 15) is 9.18 Å². The Morgan fingerprint density at radius 1 is 1.33 bits per heavy atom. The highest BCUT2D eigenvalue weighted by Gasteiger charge is 2.59. The molecule has 5 nitrogen and oxygen atoms in total. The fraction of sp³-hybridized carbons (Fsp3) is 0.450. The van der Waals surface area contributed by atoms with E-state index in [1.165, 1.54) is 6.33 Å². The van der Waals surface area contributed by atoms with E-state index in [4.69, 9.17) is 16.3 Å². The Labute approximate surface area is 162 Å². The summed E-state index contributed by atoms with van der Waals surface area (Å²) in [5.74, 6) is 0.902. The van der Waals surface area contributed by atoms with Crippen LogP contribution in [0.2, 0.25) is 5.02 Å². The maximum Gasteiger partial charge on any atom is 0.253 e. The predicted octanol–water partition coefficient (Wildman–Crippen LogP) is 3.88. The number of amides is 1. The first-order valence-electron chi connectivity index (χ1n) is 9.25. The summed E-state index contributed by atoms with van der Waals surface area (Å²) in [6.45, 7) is 2.09. The minimum absolute atomic E-state index is 0.0230. The third kappa shape index (κ3) is 3.76. The Bertz CT molecular complexity index is 820. The van der Waals surface area contributed by atoms with Crippen molar-refractivity contribution in [2.45, 2.75) is 38.3 Å². The number of nitrogens with one attached hydrogen (secondary N) is 1. The molecule has 1 N–H and O–H groups in total. The molecule has 2 aliphatic carbocycles. The van der Waals surface area contributed by atoms with Gasteiger partial charge in [-0.3, -0.25) is 4.79 Å². The Morgan fingerprint density at radius 2 is 2.04 bits per heavy atom. The van der Waals surface area contributed by atoms with Crippen molar-refractivity contribution in [1.82, 2.24) is 15.3 Å². The molecule has 0 aliphatic heterocycles. The Hall–Kier alpha value is -2.21. The number of benzene rings is 1. The Balaban J connectivity index is 1.32. The molecule has 2 fully saturated rings. The van der Waals surface area contributed by atoms with E-state index < -0.39 is 5.82 Å². The molecule has 3 atom stereocenters. The SMILES string of the molecule is CCC(NC(=O)c1ccc(Cl)cc1)C1C2CC(Oc3ncncc3F)CC21. The fourth-order valence-electron chi connectivity index (χ4n) is 4.40. The molecule has 0 spiro atoms. The zero-order valence-electron chi connectivity index (χ0n) is 14.9. The van der Waals surface area contributed by atoms with Crippen molar-refractivity contribution in [2.75, 3.05) is 0 Å². The van der Waals surface area contributed by atoms with E-state index in [1.807, 2.05) is 0 Å². The van der Waals surface area contributed by atoms with E-state index in [1.54, 1.807) is 24.3 Å². The van der Waals surface area contributed by atoms with E-state index >= 15 is 0 Å². The first-order valence-corrected chi connectivity index (χ1v) is 9.63. The van der Waals surface area contributed by atoms with Crippen LogP contribution in [0.1, 0.15) is 36.5 Å². The Kier molecular flexibility index (Phi) is 5.00. The van der Waals surface area contributed by atoms with Crippen molar-refractivity contribution in [3.63, 3.8) is 0 Å². The molecular formula is C20H21ClFN3O2. The molecule has 1 heterocycles. The number of ether oxygens (including phenoxy) is 1. The second kappa shape index (κ2) is 7.43. The molecule has 1 aromatic heterocycles. The molecule has 2 saturated carbocycles. The van der Waals surface area contributed by atoms with Crippen molar-refractivity contribution in [2.24, 2.45) is 17.8 Å². The summed E-state index contributed by atoms with van der Waals surface area (Å²) in [4.78, 5) is 20.0. The van der Waals surface area contributed by atoms with Gasteiger partial charge in [0.1, 0.15) is 12.4 Å². The van der Waals surface area contributed by atoms with Gasteiger partial charge in [0, 0.05) is 16.6 Å². The average Bonchev–Trinajstić information content (AvgIpc) is 3.16. The first kappa shape index (κ1) is 18.2. The number of halogens is 2. The van der Waals surface area contributed by atoms with Crippen LogP contribution in [-0.2, 0) is 0 Å². The molecule has 3 unspecified atom stereocenters. The third-order valence-corrected chi connectivity index (χ3v) is 5.96. The third-order valence-electron chi connectivity index (χ3n) is 5.71. The van der Waals surface area contributed by atoms with Crippen molar-refractivity contribution < 1.29 is 13.9 Å². The highest BCUT2D eigenvalue weighted by molar-refractivity contribution is 6.30. The highest BCUT2D eigenvalue weighted by atomic mass is 35.5. The van der Waals surface area contributed by atoms with Crippen LogP contribution in [0.15, 0.2) is 36.8 Å². The second-order valence-corrected chi connectivity index (χ2v) is 7.72. The van der Waals surface area contributed by atoms with Crippen LogP contribution in [0.4, 0.5) is 4.39 Å². The standard InChI is InChI=1S/C20H21ClFN3O2/c1-2-17(25-19(26)11-3-5-12(21)6-4-11)18-14-7-13(8-15(14)18)27-20-16(22)9-23-10-24-20/h3-6,9-10,13-15,17-18H,2,7-8H2,1H3,(H,25,26). The molecule has 0 radical (unpaired) electrons. The van der Waals surface area contributed by atoms with Gasteiger partial charge < -0.3 is 10.1 Å². The van der Waals surface area contributed by atoms with Gasteiger partial charge in [0.2, 0.25) is 5.82 Å². The number of fused-ring (bicyclic) bond motifs is 1. The number of rotatable bonds is 6. The quantitative estimate of drug-likeness (QED) is 0.814. The lowest BCUT2D eigenvalue weighted by atomic mass is 10.00. The van der Waals surface area contributed by atoms with E-state index in [2.05, 4.69) is 22.2 Å². The number of carbonyl (C=O) groups excluding carboxylic acids is 1. The summed E-state index contributed by atoms with van der Waals surface area (Å²) < 4.78 is 19.3. The van der Waals surface area contributed by atoms with Crippen molar-refractivity contribution in [3.05, 3.63) is 53.2 Å². The summed E-state index contributed by atoms with van der Waals surface area (Å²) in [6.07, 6.45) is 4.99. The zero-order valence-corrected chi connectivity index (χ0v) is 15.7. The molecular weight excluding hydrogens is 369 g/mol. The van der Waals surface area contributed by atoms with Gasteiger partial charge in [-0.25, -0.2) is 4.98 Å². The molecule has 1 aromatic carbocycles. The molecule has 142 valence electrons. The lowest BCUT2D eigenvalue weighted by Crippen LogP contribution is -2.37. The number of nitrogens with zero attached hydrogens (tertiary/aromatic N) is 2. The lowest BCUT2D eigenvalue weighted by Gasteiger charge is -2.22. The summed E-state index contributed by atoms with van der Waals surface area (Å²) in [7, 11) is 0. The summed E-state index contributed by atoms with van der Waals surface area (Å²) in [5.41, 5.74) is 0.615. The first-order chi connectivity index (χ1) is 13.1. The summed E-state index contributed by atoms with van der Waals surface area (Å²) in [5, 5.41) is 3.78. The van der Waals surface area contributed by atoms with Crippen molar-refractivity contribution >= 4 is 17.5 Å². The van der Waals surface area contributed by atoms with Crippen molar-refractivity contribution in [3.8, 4) is 5.88 Å². The molecule has 2 aromatic rings. The van der Waals surface area contributed by atoms with Gasteiger partial charge in [0.05, 0.1) is 6.20 Å². The topological polar surface area (TPSA) is 64.1 Å². The van der Waals surface area contributed by atoms with Crippen LogP contribution in [0.25, 0.3) is 0 Å². The number of carbonyl (C=O) groups is 1. The Morgan fingerprint density at radius 3 is 2.67 bits per heavy atom. The molecule has 0 saturated heterocycles. The van der Waals surface area contributed by atoms with Crippen molar-refractivity contribution in [1.29, 1.82) is 0 Å². The van der Waals surface area contributed by atoms with E-state index in [-0.39, 0.29) is 23.9 Å². The molecule has 0 bridgehead atoms. The van der Waals surface area contributed by atoms with Crippen LogP contribution in [-0.4, -0.2) is 28.0 Å². The van der Waals surface area contributed by atoms with Gasteiger partial charge in [0.25, 0.3) is 11.8 Å². The maximum absolute atomic E-state index is 13.6. The zero-order chi connectivity index (χ0) is 19.0. The van der Waals surface area contributed by atoms with Gasteiger partial charge in [-0.15, -0.1) is 0 Å². The fourth-order valence-corrected chi connectivity index (χ4v) is 4.53. The van der Waals surface area contributed by atoms with E-state index in [0.29, 0.717) is 28.3 Å². The van der Waals surface area contributed by atoms with Gasteiger partial charge in [-0.05, 0) is 61.3 Å².